The molecule has 2 atom stereocenters. The summed E-state index contributed by atoms with van der Waals surface area (Å²) in [7, 11) is 0. The zero-order chi connectivity index (χ0) is 21.1. The minimum absolute atomic E-state index is 0.0344. The molecule has 0 aliphatic heterocycles. The van der Waals surface area contributed by atoms with Crippen LogP contribution in [0.1, 0.15) is 28.7 Å². The molecular formula is C23H21BrN2O4. The van der Waals surface area contributed by atoms with Gasteiger partial charge in [0, 0.05) is 18.7 Å². The predicted octanol–water partition coefficient (Wildman–Crippen LogP) is 3.78. The molecule has 1 aliphatic carbocycles. The molecule has 0 fully saturated rings. The maximum absolute atomic E-state index is 12.2. The van der Waals surface area contributed by atoms with E-state index in [1.807, 2.05) is 36.4 Å². The zero-order valence-corrected chi connectivity index (χ0v) is 17.6. The lowest BCUT2D eigenvalue weighted by Gasteiger charge is -2.19. The van der Waals surface area contributed by atoms with Crippen LogP contribution in [0.5, 0.6) is 0 Å². The fourth-order valence-corrected chi connectivity index (χ4v) is 4.16. The summed E-state index contributed by atoms with van der Waals surface area (Å²) in [5.74, 6) is -0.0344. The van der Waals surface area contributed by atoms with E-state index < -0.39 is 18.3 Å². The Morgan fingerprint density at radius 2 is 1.70 bits per heavy atom. The van der Waals surface area contributed by atoms with E-state index in [2.05, 4.69) is 38.4 Å². The first-order chi connectivity index (χ1) is 14.5. The number of hydrogen-bond donors (Lipinski definition) is 3. The molecule has 30 heavy (non-hydrogen) atoms. The summed E-state index contributed by atoms with van der Waals surface area (Å²) in [5.41, 5.74) is 5.07. The van der Waals surface area contributed by atoms with E-state index >= 15 is 0 Å². The van der Waals surface area contributed by atoms with Gasteiger partial charge in [-0.15, -0.1) is 0 Å². The molecule has 0 bridgehead atoms. The Balaban J connectivity index is 1.34. The smallest absolute Gasteiger partial charge is 0.407 e. The Hall–Kier alpha value is -2.74. The molecule has 1 heterocycles. The third kappa shape index (κ3) is 4.23. The number of fused-ring (bicyclic) bond motifs is 3. The zero-order valence-electron chi connectivity index (χ0n) is 16.0. The number of carbonyl (C=O) groups is 1. The summed E-state index contributed by atoms with van der Waals surface area (Å²) in [6.07, 6.45) is -1.45. The minimum Gasteiger partial charge on any atom is -0.449 e. The Kier molecular flexibility index (Phi) is 6.13. The first-order valence-electron chi connectivity index (χ1n) is 9.61. The molecule has 0 saturated carbocycles. The van der Waals surface area contributed by atoms with Gasteiger partial charge >= 0.3 is 6.09 Å². The van der Waals surface area contributed by atoms with Gasteiger partial charge in [-0.05, 0) is 55.9 Å². The van der Waals surface area contributed by atoms with E-state index in [4.69, 9.17) is 4.74 Å². The van der Waals surface area contributed by atoms with Gasteiger partial charge in [0.05, 0.1) is 0 Å². The molecule has 4 rings (SSSR count). The minimum atomic E-state index is -1.18. The first kappa shape index (κ1) is 20.5. The van der Waals surface area contributed by atoms with Crippen LogP contribution < -0.4 is 5.32 Å². The molecule has 6 nitrogen and oxygen atoms in total. The molecule has 2 unspecified atom stereocenters. The highest BCUT2D eigenvalue weighted by Gasteiger charge is 2.29. The number of aliphatic hydroxyl groups excluding tert-OH is 2. The van der Waals surface area contributed by atoms with Gasteiger partial charge in [-0.25, -0.2) is 9.78 Å². The van der Waals surface area contributed by atoms with Gasteiger partial charge in [-0.2, -0.15) is 0 Å². The van der Waals surface area contributed by atoms with Crippen molar-refractivity contribution in [3.05, 3.63) is 88.2 Å². The average Bonchev–Trinajstić information content (AvgIpc) is 3.09. The Morgan fingerprint density at radius 3 is 2.33 bits per heavy atom. The van der Waals surface area contributed by atoms with E-state index in [1.54, 1.807) is 12.1 Å². The molecule has 1 amide bonds. The maximum atomic E-state index is 12.2. The molecule has 3 aromatic rings. The standard InChI is InChI=1S/C23H21BrN2O4/c24-21-11-14(9-10-25-21)22(28)20(27)12-26-23(29)30-13-19-17-7-3-1-5-15(17)16-6-2-4-8-18(16)19/h1-11,19-20,22,27-28H,12-13H2,(H,26,29). The van der Waals surface area contributed by atoms with Crippen LogP contribution in [0.4, 0.5) is 4.79 Å². The first-order valence-corrected chi connectivity index (χ1v) is 10.4. The van der Waals surface area contributed by atoms with Crippen molar-refractivity contribution in [2.75, 3.05) is 13.2 Å². The number of nitrogens with one attached hydrogen (secondary N) is 1. The number of aliphatic hydroxyl groups is 2. The number of rotatable bonds is 6. The molecule has 2 aromatic carbocycles. The topological polar surface area (TPSA) is 91.7 Å². The molecule has 0 radical (unpaired) electrons. The molecule has 0 spiro atoms. The van der Waals surface area contributed by atoms with E-state index in [9.17, 15) is 15.0 Å². The van der Waals surface area contributed by atoms with Gasteiger partial charge < -0.3 is 20.3 Å². The van der Waals surface area contributed by atoms with Gasteiger partial charge in [0.15, 0.2) is 0 Å². The van der Waals surface area contributed by atoms with Gasteiger partial charge in [0.1, 0.15) is 23.4 Å². The van der Waals surface area contributed by atoms with Crippen molar-refractivity contribution in [3.63, 3.8) is 0 Å². The van der Waals surface area contributed by atoms with Crippen LogP contribution in [0.2, 0.25) is 0 Å². The fourth-order valence-electron chi connectivity index (χ4n) is 3.77. The molecule has 154 valence electrons. The van der Waals surface area contributed by atoms with E-state index in [0.717, 1.165) is 22.3 Å². The third-order valence-electron chi connectivity index (χ3n) is 5.26. The van der Waals surface area contributed by atoms with E-state index in [0.29, 0.717) is 10.2 Å². The van der Waals surface area contributed by atoms with Gasteiger partial charge in [-0.1, -0.05) is 48.5 Å². The van der Waals surface area contributed by atoms with Gasteiger partial charge in [-0.3, -0.25) is 0 Å². The second kappa shape index (κ2) is 8.95. The summed E-state index contributed by atoms with van der Waals surface area (Å²) in [4.78, 5) is 16.2. The second-order valence-corrected chi connectivity index (χ2v) is 7.94. The van der Waals surface area contributed by atoms with Crippen molar-refractivity contribution in [2.24, 2.45) is 0 Å². The molecule has 7 heteroatoms. The van der Waals surface area contributed by atoms with Crippen molar-refractivity contribution in [3.8, 4) is 11.1 Å². The highest BCUT2D eigenvalue weighted by molar-refractivity contribution is 9.10. The van der Waals surface area contributed by atoms with Crippen LogP contribution in [0.15, 0.2) is 71.5 Å². The number of halogens is 1. The number of alkyl carbamates (subject to hydrolysis) is 1. The molecule has 0 saturated heterocycles. The largest absolute Gasteiger partial charge is 0.449 e. The van der Waals surface area contributed by atoms with E-state index in [-0.39, 0.29) is 19.1 Å². The van der Waals surface area contributed by atoms with Crippen molar-refractivity contribution >= 4 is 22.0 Å². The van der Waals surface area contributed by atoms with Crippen LogP contribution >= 0.6 is 15.9 Å². The predicted molar refractivity (Wildman–Crippen MR) is 116 cm³/mol. The summed E-state index contributed by atoms with van der Waals surface area (Å²) in [6.45, 7) is 0.0492. The van der Waals surface area contributed by atoms with Crippen LogP contribution in [0.25, 0.3) is 11.1 Å². The molecule has 1 aliphatic rings. The third-order valence-corrected chi connectivity index (χ3v) is 5.69. The number of pyridine rings is 1. The van der Waals surface area contributed by atoms with Crippen molar-refractivity contribution in [1.29, 1.82) is 0 Å². The normalized spacial score (nSPS) is 14.5. The number of ether oxygens (including phenoxy) is 1. The Morgan fingerprint density at radius 1 is 1.07 bits per heavy atom. The summed E-state index contributed by atoms with van der Waals surface area (Å²) in [5, 5.41) is 23.0. The Bertz CT molecular complexity index is 1010. The summed E-state index contributed by atoms with van der Waals surface area (Å²) in [6, 6.07) is 19.4. The summed E-state index contributed by atoms with van der Waals surface area (Å²) < 4.78 is 5.99. The maximum Gasteiger partial charge on any atom is 0.407 e. The van der Waals surface area contributed by atoms with Crippen molar-refractivity contribution in [2.45, 2.75) is 18.1 Å². The fraction of sp³-hybridized carbons (Fsp3) is 0.217. The van der Waals surface area contributed by atoms with Crippen molar-refractivity contribution < 1.29 is 19.7 Å². The van der Waals surface area contributed by atoms with Crippen LogP contribution in [-0.4, -0.2) is 40.5 Å². The number of aromatic nitrogens is 1. The number of hydrogen-bond acceptors (Lipinski definition) is 5. The lowest BCUT2D eigenvalue weighted by Crippen LogP contribution is -2.36. The van der Waals surface area contributed by atoms with Crippen LogP contribution in [0, 0.1) is 0 Å². The molecular weight excluding hydrogens is 448 g/mol. The molecule has 3 N–H and O–H groups in total. The van der Waals surface area contributed by atoms with Gasteiger partial charge in [0.2, 0.25) is 0 Å². The highest BCUT2D eigenvalue weighted by Crippen LogP contribution is 2.44. The average molecular weight is 469 g/mol. The number of benzene rings is 2. The van der Waals surface area contributed by atoms with Crippen LogP contribution in [0.3, 0.4) is 0 Å². The number of nitrogens with zero attached hydrogens (tertiary/aromatic N) is 1. The SMILES string of the molecule is O=C(NCC(O)C(O)c1ccnc(Br)c1)OCC1c2ccccc2-c2ccccc21. The Labute approximate surface area is 182 Å². The number of carbonyl (C=O) groups excluding carboxylic acids is 1. The van der Waals surface area contributed by atoms with E-state index in [1.165, 1.54) is 6.20 Å². The lowest BCUT2D eigenvalue weighted by molar-refractivity contribution is 0.0184. The van der Waals surface area contributed by atoms with Crippen LogP contribution in [-0.2, 0) is 4.74 Å². The summed E-state index contributed by atoms with van der Waals surface area (Å²) >= 11 is 3.22. The molecule has 1 aromatic heterocycles. The highest BCUT2D eigenvalue weighted by atomic mass is 79.9. The van der Waals surface area contributed by atoms with Crippen molar-refractivity contribution in [1.82, 2.24) is 10.3 Å². The quantitative estimate of drug-likeness (QED) is 0.478. The van der Waals surface area contributed by atoms with Gasteiger partial charge in [0.25, 0.3) is 0 Å². The second-order valence-electron chi connectivity index (χ2n) is 7.13. The lowest BCUT2D eigenvalue weighted by atomic mass is 9.98. The number of amides is 1. The monoisotopic (exact) mass is 468 g/mol.